The first-order valence-electron chi connectivity index (χ1n) is 7.84. The third kappa shape index (κ3) is 5.29. The Hall–Kier alpha value is -2.56. The molecule has 5 heteroatoms. The number of nitrogens with zero attached hydrogens (tertiary/aromatic N) is 2. The van der Waals surface area contributed by atoms with Crippen LogP contribution in [0.5, 0.6) is 0 Å². The highest BCUT2D eigenvalue weighted by molar-refractivity contribution is 5.67. The van der Waals surface area contributed by atoms with E-state index in [1.165, 1.54) is 0 Å². The lowest BCUT2D eigenvalue weighted by atomic mass is 10.2. The van der Waals surface area contributed by atoms with E-state index in [1.54, 1.807) is 0 Å². The maximum Gasteiger partial charge on any atom is 0.407 e. The second-order valence-electron chi connectivity index (χ2n) is 5.25. The maximum absolute atomic E-state index is 11.6. The Morgan fingerprint density at radius 2 is 2.13 bits per heavy atom. The number of alkyl carbamates (subject to hydrolysis) is 1. The van der Waals surface area contributed by atoms with E-state index >= 15 is 0 Å². The van der Waals surface area contributed by atoms with Crippen molar-refractivity contribution >= 4 is 12.2 Å². The molecule has 122 valence electrons. The molecule has 0 atom stereocenters. The molecule has 1 N–H and O–H groups in total. The van der Waals surface area contributed by atoms with E-state index in [-0.39, 0.29) is 6.61 Å². The summed E-state index contributed by atoms with van der Waals surface area (Å²) in [7, 11) is 0. The number of aromatic nitrogens is 2. The highest BCUT2D eigenvalue weighted by atomic mass is 16.5. The fourth-order valence-electron chi connectivity index (χ4n) is 2.16. The maximum atomic E-state index is 11.6. The fourth-order valence-corrected chi connectivity index (χ4v) is 2.16. The van der Waals surface area contributed by atoms with Crippen LogP contribution in [0.3, 0.4) is 0 Å². The monoisotopic (exact) mass is 313 g/mol. The molecule has 1 amide bonds. The number of amides is 1. The molecule has 23 heavy (non-hydrogen) atoms. The predicted octanol–water partition coefficient (Wildman–Crippen LogP) is 3.54. The molecule has 1 aromatic heterocycles. The Labute approximate surface area is 137 Å². The number of hydrogen-bond donors (Lipinski definition) is 1. The highest BCUT2D eigenvalue weighted by Gasteiger charge is 2.03. The van der Waals surface area contributed by atoms with Crippen LogP contribution in [-0.2, 0) is 17.9 Å². The van der Waals surface area contributed by atoms with Gasteiger partial charge in [0.15, 0.2) is 0 Å². The molecule has 5 nitrogen and oxygen atoms in total. The second-order valence-corrected chi connectivity index (χ2v) is 5.25. The van der Waals surface area contributed by atoms with Crippen molar-refractivity contribution in [1.82, 2.24) is 15.1 Å². The van der Waals surface area contributed by atoms with Gasteiger partial charge in [-0.05, 0) is 18.9 Å². The van der Waals surface area contributed by atoms with Crippen LogP contribution in [0.4, 0.5) is 4.79 Å². The Balaban J connectivity index is 1.72. The third-order valence-electron chi connectivity index (χ3n) is 3.45. The quantitative estimate of drug-likeness (QED) is 0.850. The summed E-state index contributed by atoms with van der Waals surface area (Å²) >= 11 is 0. The summed E-state index contributed by atoms with van der Waals surface area (Å²) in [4.78, 5) is 11.6. The molecule has 0 aliphatic rings. The van der Waals surface area contributed by atoms with E-state index in [0.717, 1.165) is 29.8 Å². The van der Waals surface area contributed by atoms with Gasteiger partial charge >= 0.3 is 6.09 Å². The number of rotatable bonds is 7. The van der Waals surface area contributed by atoms with Gasteiger partial charge in [0.2, 0.25) is 0 Å². The molecular weight excluding hydrogens is 290 g/mol. The molecule has 2 aromatic rings. The van der Waals surface area contributed by atoms with Crippen molar-refractivity contribution in [2.75, 3.05) is 6.54 Å². The van der Waals surface area contributed by atoms with E-state index in [4.69, 9.17) is 4.74 Å². The van der Waals surface area contributed by atoms with Gasteiger partial charge in [-0.2, -0.15) is 5.10 Å². The minimum absolute atomic E-state index is 0.277. The fraction of sp³-hybridized carbons (Fsp3) is 0.333. The summed E-state index contributed by atoms with van der Waals surface area (Å²) in [6, 6.07) is 9.60. The number of ether oxygens (including phenoxy) is 1. The lowest BCUT2D eigenvalue weighted by Crippen LogP contribution is -2.24. The smallest absolute Gasteiger partial charge is 0.407 e. The number of nitrogens with one attached hydrogen (secondary N) is 1. The molecular formula is C18H23N3O2. The summed E-state index contributed by atoms with van der Waals surface area (Å²) in [6.45, 7) is 5.79. The summed E-state index contributed by atoms with van der Waals surface area (Å²) in [5.74, 6) is 0. The predicted molar refractivity (Wildman–Crippen MR) is 90.9 cm³/mol. The van der Waals surface area contributed by atoms with Gasteiger partial charge in [0.1, 0.15) is 6.61 Å². The van der Waals surface area contributed by atoms with Crippen molar-refractivity contribution in [3.05, 3.63) is 59.4 Å². The molecule has 0 aliphatic heterocycles. The van der Waals surface area contributed by atoms with Crippen molar-refractivity contribution < 1.29 is 9.53 Å². The van der Waals surface area contributed by atoms with Crippen LogP contribution in [0.1, 0.15) is 30.2 Å². The molecule has 1 aromatic carbocycles. The van der Waals surface area contributed by atoms with Gasteiger partial charge in [0.25, 0.3) is 0 Å². The molecule has 0 saturated heterocycles. The van der Waals surface area contributed by atoms with Crippen molar-refractivity contribution in [3.8, 4) is 0 Å². The number of hydrogen-bond acceptors (Lipinski definition) is 3. The number of benzene rings is 1. The molecule has 0 aliphatic carbocycles. The topological polar surface area (TPSA) is 56.2 Å². The van der Waals surface area contributed by atoms with Gasteiger partial charge in [-0.25, -0.2) is 4.79 Å². The van der Waals surface area contributed by atoms with E-state index in [0.29, 0.717) is 6.54 Å². The highest BCUT2D eigenvalue weighted by Crippen LogP contribution is 2.09. The lowest BCUT2D eigenvalue weighted by Gasteiger charge is -2.05. The molecule has 0 spiro atoms. The van der Waals surface area contributed by atoms with Crippen LogP contribution >= 0.6 is 0 Å². The minimum atomic E-state index is -0.420. The zero-order valence-corrected chi connectivity index (χ0v) is 13.7. The Kier molecular flexibility index (Phi) is 6.41. The van der Waals surface area contributed by atoms with Crippen LogP contribution in [-0.4, -0.2) is 22.4 Å². The summed E-state index contributed by atoms with van der Waals surface area (Å²) in [6.07, 6.45) is 6.34. The normalized spacial score (nSPS) is 10.9. The standard InChI is InChI=1S/C18H23N3O2/c1-3-12-21-15(2)17(13-20-21)10-7-11-19-18(22)23-14-16-8-5-4-6-9-16/h4-10,13H,3,11-12,14H2,1-2H3,(H,19,22). The summed E-state index contributed by atoms with van der Waals surface area (Å²) < 4.78 is 7.13. The minimum Gasteiger partial charge on any atom is -0.445 e. The van der Waals surface area contributed by atoms with Crippen LogP contribution < -0.4 is 5.32 Å². The van der Waals surface area contributed by atoms with Crippen LogP contribution in [0.15, 0.2) is 42.6 Å². The molecule has 0 bridgehead atoms. The second kappa shape index (κ2) is 8.78. The first-order valence-corrected chi connectivity index (χ1v) is 7.84. The SMILES string of the molecule is CCCn1ncc(C=CCNC(=O)OCc2ccccc2)c1C. The molecule has 1 heterocycles. The van der Waals surface area contributed by atoms with E-state index in [9.17, 15) is 4.79 Å². The van der Waals surface area contributed by atoms with Gasteiger partial charge in [0.05, 0.1) is 6.20 Å². The van der Waals surface area contributed by atoms with Gasteiger partial charge in [0, 0.05) is 24.3 Å². The lowest BCUT2D eigenvalue weighted by molar-refractivity contribution is 0.141. The molecule has 2 rings (SSSR count). The van der Waals surface area contributed by atoms with Crippen LogP contribution in [0, 0.1) is 6.92 Å². The number of carbonyl (C=O) groups is 1. The zero-order valence-electron chi connectivity index (χ0n) is 13.7. The number of carbonyl (C=O) groups excluding carboxylic acids is 1. The van der Waals surface area contributed by atoms with Crippen molar-refractivity contribution in [1.29, 1.82) is 0 Å². The summed E-state index contributed by atoms with van der Waals surface area (Å²) in [5.41, 5.74) is 3.17. The Bertz CT molecular complexity index is 648. The molecule has 0 saturated carbocycles. The van der Waals surface area contributed by atoms with Crippen molar-refractivity contribution in [3.63, 3.8) is 0 Å². The Morgan fingerprint density at radius 1 is 1.35 bits per heavy atom. The third-order valence-corrected chi connectivity index (χ3v) is 3.45. The van der Waals surface area contributed by atoms with Crippen LogP contribution in [0.2, 0.25) is 0 Å². The van der Waals surface area contributed by atoms with Crippen molar-refractivity contribution in [2.24, 2.45) is 0 Å². The first kappa shape index (κ1) is 16.8. The number of aryl methyl sites for hydroxylation is 1. The van der Waals surface area contributed by atoms with Crippen molar-refractivity contribution in [2.45, 2.75) is 33.4 Å². The van der Waals surface area contributed by atoms with Gasteiger partial charge in [-0.3, -0.25) is 4.68 Å². The zero-order chi connectivity index (χ0) is 16.5. The van der Waals surface area contributed by atoms with E-state index in [2.05, 4.69) is 17.3 Å². The van der Waals surface area contributed by atoms with Gasteiger partial charge < -0.3 is 10.1 Å². The average Bonchev–Trinajstić information content (AvgIpc) is 2.91. The van der Waals surface area contributed by atoms with Crippen LogP contribution in [0.25, 0.3) is 6.08 Å². The van der Waals surface area contributed by atoms with E-state index in [1.807, 2.05) is 60.3 Å². The molecule has 0 unspecified atom stereocenters. The van der Waals surface area contributed by atoms with Gasteiger partial charge in [-0.1, -0.05) is 49.4 Å². The largest absolute Gasteiger partial charge is 0.445 e. The first-order chi connectivity index (χ1) is 11.2. The van der Waals surface area contributed by atoms with E-state index < -0.39 is 6.09 Å². The molecule has 0 radical (unpaired) electrons. The summed E-state index contributed by atoms with van der Waals surface area (Å²) in [5, 5.41) is 7.04. The molecule has 0 fully saturated rings. The Morgan fingerprint density at radius 3 is 2.87 bits per heavy atom. The average molecular weight is 313 g/mol. The van der Waals surface area contributed by atoms with Gasteiger partial charge in [-0.15, -0.1) is 0 Å².